The summed E-state index contributed by atoms with van der Waals surface area (Å²) in [6.45, 7) is 7.65. The van der Waals surface area contributed by atoms with E-state index < -0.39 is 6.03 Å². The zero-order valence-corrected chi connectivity index (χ0v) is 19.7. The van der Waals surface area contributed by atoms with Crippen LogP contribution in [-0.2, 0) is 11.2 Å². The molecule has 1 aliphatic rings. The number of carbonyl (C=O) groups excluding carboxylic acids is 1. The van der Waals surface area contributed by atoms with Crippen LogP contribution in [0.3, 0.4) is 0 Å². The number of benzene rings is 1. The van der Waals surface area contributed by atoms with Crippen LogP contribution in [0.5, 0.6) is 5.75 Å². The number of aromatic nitrogens is 2. The highest BCUT2D eigenvalue weighted by molar-refractivity contribution is 6.00. The fourth-order valence-electron chi connectivity index (χ4n) is 3.41. The number of hydrogen-bond donors (Lipinski definition) is 3. The molecule has 3 rings (SSSR count). The summed E-state index contributed by atoms with van der Waals surface area (Å²) < 4.78 is 10.8. The standard InChI is InChI=1S/C22H29N7O3.ClH/c1-16(15-29-7-9-32-10-8-29)24-6-5-17-3-4-19(20(11-17)31-2)27-22(30)28-21-14-25-18(12-23)13-26-21;/h3-4,11,13-14,16,24H,5-10,15H2,1-2H3,(H2,26,27,28,30);1H/t16-;/m0./s1. The minimum atomic E-state index is -0.478. The number of ether oxygens (including phenoxy) is 2. The zero-order chi connectivity index (χ0) is 22.8. The molecular weight excluding hydrogens is 446 g/mol. The molecule has 1 atom stereocenters. The zero-order valence-electron chi connectivity index (χ0n) is 18.8. The summed E-state index contributed by atoms with van der Waals surface area (Å²) in [4.78, 5) is 22.5. The molecule has 33 heavy (non-hydrogen) atoms. The van der Waals surface area contributed by atoms with Gasteiger partial charge in [0.15, 0.2) is 11.5 Å². The first-order chi connectivity index (χ1) is 15.6. The number of morpholine rings is 1. The Hall–Kier alpha value is -2.97. The topological polar surface area (TPSA) is 124 Å². The van der Waals surface area contributed by atoms with E-state index in [1.54, 1.807) is 7.11 Å². The van der Waals surface area contributed by atoms with Crippen molar-refractivity contribution in [1.29, 1.82) is 5.26 Å². The Morgan fingerprint density at radius 2 is 2.06 bits per heavy atom. The number of anilines is 2. The number of urea groups is 1. The SMILES string of the molecule is COc1cc(CCN[C@@H](C)CN2CCOCC2)ccc1NC(=O)Nc1cnc(C#N)cn1.Cl. The van der Waals surface area contributed by atoms with Crippen molar-refractivity contribution in [2.24, 2.45) is 0 Å². The lowest BCUT2D eigenvalue weighted by atomic mass is 10.1. The number of hydrogen-bond acceptors (Lipinski definition) is 8. The lowest BCUT2D eigenvalue weighted by Gasteiger charge is -2.29. The summed E-state index contributed by atoms with van der Waals surface area (Å²) in [5.74, 6) is 0.819. The number of methoxy groups -OCH3 is 1. The first kappa shape index (κ1) is 26.3. The first-order valence-electron chi connectivity index (χ1n) is 10.6. The Morgan fingerprint density at radius 1 is 1.27 bits per heavy atom. The van der Waals surface area contributed by atoms with Crippen molar-refractivity contribution < 1.29 is 14.3 Å². The third-order valence-corrected chi connectivity index (χ3v) is 5.06. The van der Waals surface area contributed by atoms with Crippen LogP contribution in [-0.4, -0.2) is 73.4 Å². The quantitative estimate of drug-likeness (QED) is 0.504. The molecule has 1 aliphatic heterocycles. The molecule has 0 radical (unpaired) electrons. The number of rotatable bonds is 9. The minimum Gasteiger partial charge on any atom is -0.495 e. The van der Waals surface area contributed by atoms with Gasteiger partial charge in [0.2, 0.25) is 0 Å². The predicted molar refractivity (Wildman–Crippen MR) is 128 cm³/mol. The fraction of sp³-hybridized carbons (Fsp3) is 0.455. The molecule has 1 aromatic carbocycles. The third kappa shape index (κ3) is 8.47. The fourth-order valence-corrected chi connectivity index (χ4v) is 3.41. The number of nitriles is 1. The van der Waals surface area contributed by atoms with Gasteiger partial charge < -0.3 is 20.1 Å². The van der Waals surface area contributed by atoms with E-state index in [4.69, 9.17) is 14.7 Å². The Kier molecular flexibility index (Phi) is 10.8. The van der Waals surface area contributed by atoms with E-state index in [2.05, 4.69) is 37.7 Å². The van der Waals surface area contributed by atoms with Crippen LogP contribution in [0.15, 0.2) is 30.6 Å². The maximum Gasteiger partial charge on any atom is 0.324 e. The van der Waals surface area contributed by atoms with E-state index in [0.29, 0.717) is 17.5 Å². The molecule has 0 saturated carbocycles. The maximum absolute atomic E-state index is 12.3. The molecule has 0 spiro atoms. The largest absolute Gasteiger partial charge is 0.495 e. The lowest BCUT2D eigenvalue weighted by molar-refractivity contribution is 0.0344. The van der Waals surface area contributed by atoms with E-state index in [-0.39, 0.29) is 23.9 Å². The smallest absolute Gasteiger partial charge is 0.324 e. The molecule has 178 valence electrons. The molecule has 0 bridgehead atoms. The molecule has 2 aromatic rings. The Bertz CT molecular complexity index is 931. The van der Waals surface area contributed by atoms with Crippen LogP contribution < -0.4 is 20.7 Å². The highest BCUT2D eigenvalue weighted by Crippen LogP contribution is 2.26. The van der Waals surface area contributed by atoms with Gasteiger partial charge in [0.1, 0.15) is 11.8 Å². The molecule has 2 amide bonds. The van der Waals surface area contributed by atoms with Gasteiger partial charge in [-0.1, -0.05) is 6.07 Å². The van der Waals surface area contributed by atoms with Crippen LogP contribution in [0.1, 0.15) is 18.2 Å². The average Bonchev–Trinajstić information content (AvgIpc) is 2.81. The first-order valence-corrected chi connectivity index (χ1v) is 10.6. The Balaban J connectivity index is 0.00000385. The van der Waals surface area contributed by atoms with Gasteiger partial charge in [-0.25, -0.2) is 14.8 Å². The number of carbonyl (C=O) groups is 1. The van der Waals surface area contributed by atoms with Gasteiger partial charge in [-0.3, -0.25) is 10.2 Å². The van der Waals surface area contributed by atoms with Crippen LogP contribution in [0, 0.1) is 11.3 Å². The number of halogens is 1. The van der Waals surface area contributed by atoms with Gasteiger partial charge in [0.05, 0.1) is 38.4 Å². The van der Waals surface area contributed by atoms with Gasteiger partial charge in [-0.2, -0.15) is 5.26 Å². The second-order valence-corrected chi connectivity index (χ2v) is 7.53. The van der Waals surface area contributed by atoms with Crippen LogP contribution in [0.4, 0.5) is 16.3 Å². The average molecular weight is 476 g/mol. The van der Waals surface area contributed by atoms with E-state index >= 15 is 0 Å². The van der Waals surface area contributed by atoms with E-state index in [1.807, 2.05) is 24.3 Å². The van der Waals surface area contributed by atoms with Crippen molar-refractivity contribution in [3.8, 4) is 11.8 Å². The summed E-state index contributed by atoms with van der Waals surface area (Å²) in [5.41, 5.74) is 1.83. The monoisotopic (exact) mass is 475 g/mol. The molecule has 0 aliphatic carbocycles. The number of amides is 2. The molecule has 1 aromatic heterocycles. The van der Waals surface area contributed by atoms with Crippen molar-refractivity contribution in [2.45, 2.75) is 19.4 Å². The molecule has 2 heterocycles. The number of nitrogens with one attached hydrogen (secondary N) is 3. The Morgan fingerprint density at radius 3 is 2.73 bits per heavy atom. The highest BCUT2D eigenvalue weighted by Gasteiger charge is 2.14. The maximum atomic E-state index is 12.3. The second-order valence-electron chi connectivity index (χ2n) is 7.53. The summed E-state index contributed by atoms with van der Waals surface area (Å²) in [6.07, 6.45) is 3.46. The molecule has 1 fully saturated rings. The number of nitrogens with zero attached hydrogens (tertiary/aromatic N) is 4. The van der Waals surface area contributed by atoms with Crippen LogP contribution in [0.25, 0.3) is 0 Å². The van der Waals surface area contributed by atoms with Crippen molar-refractivity contribution in [2.75, 3.05) is 57.1 Å². The van der Waals surface area contributed by atoms with Gasteiger partial charge in [-0.15, -0.1) is 12.4 Å². The molecular formula is C22H30ClN7O3. The van der Waals surface area contributed by atoms with E-state index in [0.717, 1.165) is 51.4 Å². The predicted octanol–water partition coefficient (Wildman–Crippen LogP) is 2.28. The normalized spacial score (nSPS) is 14.5. The van der Waals surface area contributed by atoms with Gasteiger partial charge in [0.25, 0.3) is 0 Å². The van der Waals surface area contributed by atoms with Gasteiger partial charge in [-0.05, 0) is 37.6 Å². The lowest BCUT2D eigenvalue weighted by Crippen LogP contribution is -2.44. The van der Waals surface area contributed by atoms with Crippen LogP contribution in [0.2, 0.25) is 0 Å². The minimum absolute atomic E-state index is 0. The highest BCUT2D eigenvalue weighted by atomic mass is 35.5. The van der Waals surface area contributed by atoms with Crippen molar-refractivity contribution in [3.63, 3.8) is 0 Å². The van der Waals surface area contributed by atoms with E-state index in [9.17, 15) is 4.79 Å². The third-order valence-electron chi connectivity index (χ3n) is 5.06. The summed E-state index contributed by atoms with van der Waals surface area (Å²) in [7, 11) is 1.57. The second kappa shape index (κ2) is 13.5. The van der Waals surface area contributed by atoms with Crippen LogP contribution >= 0.6 is 12.4 Å². The summed E-state index contributed by atoms with van der Waals surface area (Å²) in [6, 6.07) is 7.50. The van der Waals surface area contributed by atoms with Gasteiger partial charge in [0, 0.05) is 25.7 Å². The summed E-state index contributed by atoms with van der Waals surface area (Å²) >= 11 is 0. The molecule has 11 heteroatoms. The summed E-state index contributed by atoms with van der Waals surface area (Å²) in [5, 5.41) is 17.6. The van der Waals surface area contributed by atoms with Crippen molar-refractivity contribution >= 4 is 29.9 Å². The molecule has 0 unspecified atom stereocenters. The van der Waals surface area contributed by atoms with Gasteiger partial charge >= 0.3 is 6.03 Å². The molecule has 3 N–H and O–H groups in total. The van der Waals surface area contributed by atoms with E-state index in [1.165, 1.54) is 12.4 Å². The van der Waals surface area contributed by atoms with Crippen molar-refractivity contribution in [1.82, 2.24) is 20.2 Å². The molecule has 1 saturated heterocycles. The van der Waals surface area contributed by atoms with Crippen molar-refractivity contribution in [3.05, 3.63) is 41.9 Å². The Labute approximate surface area is 200 Å². The molecule has 10 nitrogen and oxygen atoms in total.